The lowest BCUT2D eigenvalue weighted by Gasteiger charge is -2.16. The smallest absolute Gasteiger partial charge is 0.329 e. The Bertz CT molecular complexity index is 605. The van der Waals surface area contributed by atoms with Gasteiger partial charge in [0, 0.05) is 7.05 Å². The molecule has 0 aliphatic rings. The largest absolute Gasteiger partial charge is 0.378 e. The molecule has 0 saturated heterocycles. The molecule has 1 heterocycles. The third kappa shape index (κ3) is 3.18. The minimum atomic E-state index is -0.635. The molecule has 0 aliphatic heterocycles. The molecular weight excluding hydrogens is 262 g/mol. The molecule has 1 aromatic heterocycles. The topological polar surface area (TPSA) is 107 Å². The van der Waals surface area contributed by atoms with Crippen molar-refractivity contribution in [2.75, 3.05) is 17.8 Å². The molecule has 0 bridgehead atoms. The van der Waals surface area contributed by atoms with Gasteiger partial charge in [-0.05, 0) is 5.56 Å². The Morgan fingerprint density at radius 2 is 2.10 bits per heavy atom. The molecule has 1 aromatic carbocycles. The van der Waals surface area contributed by atoms with Crippen molar-refractivity contribution in [2.45, 2.75) is 6.61 Å². The number of anilines is 2. The van der Waals surface area contributed by atoms with Crippen molar-refractivity contribution in [1.82, 2.24) is 9.97 Å². The van der Waals surface area contributed by atoms with Crippen molar-refractivity contribution in [3.63, 3.8) is 0 Å². The van der Waals surface area contributed by atoms with E-state index in [0.717, 1.165) is 11.8 Å². The van der Waals surface area contributed by atoms with Gasteiger partial charge in [0.15, 0.2) is 0 Å². The minimum absolute atomic E-state index is 0.157. The SMILES string of the molecule is CN(OCc1ccccc1)c1ncc([N+](=O)[O-])c(N)n1. The first kappa shape index (κ1) is 13.7. The van der Waals surface area contributed by atoms with E-state index < -0.39 is 4.92 Å². The Balaban J connectivity index is 2.04. The van der Waals surface area contributed by atoms with Gasteiger partial charge in [0.05, 0.1) is 4.92 Å². The number of rotatable bonds is 5. The van der Waals surface area contributed by atoms with Gasteiger partial charge in [-0.1, -0.05) is 30.3 Å². The van der Waals surface area contributed by atoms with Gasteiger partial charge in [0.2, 0.25) is 5.82 Å². The summed E-state index contributed by atoms with van der Waals surface area (Å²) in [4.78, 5) is 23.1. The summed E-state index contributed by atoms with van der Waals surface area (Å²) in [7, 11) is 1.60. The fourth-order valence-corrected chi connectivity index (χ4v) is 1.47. The summed E-state index contributed by atoms with van der Waals surface area (Å²) in [6.45, 7) is 0.331. The Morgan fingerprint density at radius 3 is 2.70 bits per heavy atom. The van der Waals surface area contributed by atoms with Crippen LogP contribution in [0.5, 0.6) is 0 Å². The molecule has 0 saturated carbocycles. The van der Waals surface area contributed by atoms with Gasteiger partial charge in [0.25, 0.3) is 5.95 Å². The Hall–Kier alpha value is -2.74. The van der Waals surface area contributed by atoms with Crippen LogP contribution in [0.1, 0.15) is 5.56 Å². The van der Waals surface area contributed by atoms with Gasteiger partial charge >= 0.3 is 5.69 Å². The molecule has 2 N–H and O–H groups in total. The summed E-state index contributed by atoms with van der Waals surface area (Å²) in [5.74, 6) is -0.0424. The monoisotopic (exact) mass is 275 g/mol. The van der Waals surface area contributed by atoms with Gasteiger partial charge in [-0.25, -0.2) is 10.0 Å². The second-order valence-electron chi connectivity index (χ2n) is 3.95. The lowest BCUT2D eigenvalue weighted by atomic mass is 10.2. The van der Waals surface area contributed by atoms with Crippen LogP contribution < -0.4 is 10.8 Å². The molecule has 0 radical (unpaired) electrons. The van der Waals surface area contributed by atoms with Crippen molar-refractivity contribution < 1.29 is 9.76 Å². The highest BCUT2D eigenvalue weighted by Crippen LogP contribution is 2.19. The molecule has 20 heavy (non-hydrogen) atoms. The third-order valence-corrected chi connectivity index (χ3v) is 2.53. The van der Waals surface area contributed by atoms with Crippen LogP contribution in [-0.4, -0.2) is 21.9 Å². The highest BCUT2D eigenvalue weighted by Gasteiger charge is 2.16. The number of hydrogen-bond donors (Lipinski definition) is 1. The molecule has 8 nitrogen and oxygen atoms in total. The molecular formula is C12H13N5O3. The van der Waals surface area contributed by atoms with Crippen LogP contribution in [0.3, 0.4) is 0 Å². The molecule has 0 aliphatic carbocycles. The van der Waals surface area contributed by atoms with E-state index in [1.165, 1.54) is 5.06 Å². The van der Waals surface area contributed by atoms with E-state index in [1.807, 2.05) is 30.3 Å². The third-order valence-electron chi connectivity index (χ3n) is 2.53. The maximum atomic E-state index is 10.6. The van der Waals surface area contributed by atoms with Crippen LogP contribution in [-0.2, 0) is 11.4 Å². The summed E-state index contributed by atoms with van der Waals surface area (Å²) >= 11 is 0. The maximum Gasteiger partial charge on any atom is 0.329 e. The fraction of sp³-hybridized carbons (Fsp3) is 0.167. The second-order valence-corrected chi connectivity index (χ2v) is 3.95. The first-order valence-corrected chi connectivity index (χ1v) is 5.75. The van der Waals surface area contributed by atoms with Crippen LogP contribution in [0.25, 0.3) is 0 Å². The quantitative estimate of drug-likeness (QED) is 0.651. The lowest BCUT2D eigenvalue weighted by Crippen LogP contribution is -2.20. The summed E-state index contributed by atoms with van der Waals surface area (Å²) in [5.41, 5.74) is 6.14. The molecule has 0 amide bonds. The van der Waals surface area contributed by atoms with E-state index in [2.05, 4.69) is 9.97 Å². The number of nitrogen functional groups attached to an aromatic ring is 1. The average molecular weight is 275 g/mol. The summed E-state index contributed by atoms with van der Waals surface area (Å²) < 4.78 is 0. The standard InChI is InChI=1S/C12H13N5O3/c1-16(20-8-9-5-3-2-4-6-9)12-14-7-10(17(18)19)11(13)15-12/h2-7H,8H2,1H3,(H2,13,14,15). The van der Waals surface area contributed by atoms with Crippen LogP contribution in [0.15, 0.2) is 36.5 Å². The Kier molecular flexibility index (Phi) is 4.06. The molecule has 2 rings (SSSR count). The van der Waals surface area contributed by atoms with Gasteiger partial charge < -0.3 is 5.73 Å². The number of hydroxylamine groups is 1. The molecule has 104 valence electrons. The average Bonchev–Trinajstić information content (AvgIpc) is 2.45. The predicted molar refractivity (Wildman–Crippen MR) is 72.7 cm³/mol. The zero-order valence-corrected chi connectivity index (χ0v) is 10.8. The summed E-state index contributed by atoms with van der Waals surface area (Å²) in [5, 5.41) is 11.9. The summed E-state index contributed by atoms with van der Waals surface area (Å²) in [6, 6.07) is 9.54. The molecule has 0 spiro atoms. The number of benzene rings is 1. The highest BCUT2D eigenvalue weighted by molar-refractivity contribution is 5.53. The number of nitrogens with two attached hydrogens (primary N) is 1. The Morgan fingerprint density at radius 1 is 1.40 bits per heavy atom. The van der Waals surface area contributed by atoms with E-state index in [4.69, 9.17) is 10.6 Å². The predicted octanol–water partition coefficient (Wildman–Crippen LogP) is 1.53. The van der Waals surface area contributed by atoms with Crippen molar-refractivity contribution in [2.24, 2.45) is 0 Å². The van der Waals surface area contributed by atoms with E-state index in [9.17, 15) is 10.1 Å². The van der Waals surface area contributed by atoms with Crippen LogP contribution in [0.4, 0.5) is 17.5 Å². The van der Waals surface area contributed by atoms with E-state index in [0.29, 0.717) is 6.61 Å². The van der Waals surface area contributed by atoms with Crippen LogP contribution >= 0.6 is 0 Å². The van der Waals surface area contributed by atoms with Crippen molar-refractivity contribution >= 4 is 17.5 Å². The zero-order chi connectivity index (χ0) is 14.5. The van der Waals surface area contributed by atoms with Crippen LogP contribution in [0.2, 0.25) is 0 Å². The van der Waals surface area contributed by atoms with E-state index in [1.54, 1.807) is 7.05 Å². The molecule has 0 atom stereocenters. The van der Waals surface area contributed by atoms with Crippen molar-refractivity contribution in [3.8, 4) is 0 Å². The first-order valence-electron chi connectivity index (χ1n) is 5.75. The molecule has 8 heteroatoms. The molecule has 0 fully saturated rings. The second kappa shape index (κ2) is 5.93. The van der Waals surface area contributed by atoms with E-state index >= 15 is 0 Å². The van der Waals surface area contributed by atoms with Gasteiger partial charge in [-0.2, -0.15) is 4.98 Å². The highest BCUT2D eigenvalue weighted by atomic mass is 16.7. The van der Waals surface area contributed by atoms with Crippen molar-refractivity contribution in [1.29, 1.82) is 0 Å². The van der Waals surface area contributed by atoms with Crippen LogP contribution in [0, 0.1) is 10.1 Å². The minimum Gasteiger partial charge on any atom is -0.378 e. The van der Waals surface area contributed by atoms with Crippen molar-refractivity contribution in [3.05, 3.63) is 52.2 Å². The lowest BCUT2D eigenvalue weighted by molar-refractivity contribution is -0.384. The number of nitro groups is 1. The Labute approximate surface area is 114 Å². The van der Waals surface area contributed by atoms with Gasteiger partial charge in [-0.3, -0.25) is 15.0 Å². The van der Waals surface area contributed by atoms with Gasteiger partial charge in [-0.15, -0.1) is 0 Å². The molecule has 0 unspecified atom stereocenters. The number of nitrogens with zero attached hydrogens (tertiary/aromatic N) is 4. The van der Waals surface area contributed by atoms with E-state index in [-0.39, 0.29) is 17.5 Å². The number of aromatic nitrogens is 2. The normalized spacial score (nSPS) is 10.2. The zero-order valence-electron chi connectivity index (χ0n) is 10.8. The molecule has 2 aromatic rings. The van der Waals surface area contributed by atoms with Gasteiger partial charge in [0.1, 0.15) is 12.8 Å². The maximum absolute atomic E-state index is 10.6. The fourth-order valence-electron chi connectivity index (χ4n) is 1.47. The first-order chi connectivity index (χ1) is 9.58. The number of hydrogen-bond acceptors (Lipinski definition) is 7. The summed E-state index contributed by atoms with van der Waals surface area (Å²) in [6.07, 6.45) is 1.06.